The maximum absolute atomic E-state index is 2.40. The molecule has 55 heavy (non-hydrogen) atoms. The largest absolute Gasteiger partial charge is 0.310 e. The molecule has 0 N–H and O–H groups in total. The van der Waals surface area contributed by atoms with Gasteiger partial charge in [0.15, 0.2) is 0 Å². The Hall–Kier alpha value is -7.22. The topological polar surface area (TPSA) is 3.24 Å². The Morgan fingerprint density at radius 1 is 0.236 bits per heavy atom. The normalized spacial score (nSPS) is 11.3. The fourth-order valence-electron chi connectivity index (χ4n) is 8.17. The number of nitrogens with zero attached hydrogens (tertiary/aromatic N) is 1. The van der Waals surface area contributed by atoms with E-state index < -0.39 is 0 Å². The summed E-state index contributed by atoms with van der Waals surface area (Å²) < 4.78 is 0. The molecular weight excluding hydrogens is 663 g/mol. The van der Waals surface area contributed by atoms with Crippen molar-refractivity contribution in [2.24, 2.45) is 0 Å². The first-order valence-electron chi connectivity index (χ1n) is 18.9. The highest BCUT2D eigenvalue weighted by Gasteiger charge is 2.19. The van der Waals surface area contributed by atoms with Crippen molar-refractivity contribution in [3.63, 3.8) is 0 Å². The zero-order valence-corrected chi connectivity index (χ0v) is 30.3. The van der Waals surface area contributed by atoms with Crippen LogP contribution in [0.1, 0.15) is 0 Å². The van der Waals surface area contributed by atoms with Gasteiger partial charge in [0.25, 0.3) is 0 Å². The molecule has 1 heteroatoms. The summed E-state index contributed by atoms with van der Waals surface area (Å²) in [5.74, 6) is 0. The van der Waals surface area contributed by atoms with Crippen LogP contribution in [0.15, 0.2) is 224 Å². The van der Waals surface area contributed by atoms with Crippen molar-refractivity contribution < 1.29 is 0 Å². The lowest BCUT2D eigenvalue weighted by Crippen LogP contribution is -2.11. The van der Waals surface area contributed by atoms with Crippen molar-refractivity contribution in [2.45, 2.75) is 0 Å². The van der Waals surface area contributed by atoms with E-state index >= 15 is 0 Å². The smallest absolute Gasteiger partial charge is 0.0540 e. The number of hydrogen-bond donors (Lipinski definition) is 0. The molecule has 258 valence electrons. The number of benzene rings is 10. The molecule has 0 spiro atoms. The molecule has 10 rings (SSSR count). The van der Waals surface area contributed by atoms with Crippen molar-refractivity contribution in [3.8, 4) is 44.5 Å². The molecule has 0 aliphatic carbocycles. The van der Waals surface area contributed by atoms with Gasteiger partial charge in [0.05, 0.1) is 5.69 Å². The lowest BCUT2D eigenvalue weighted by atomic mass is 9.93. The van der Waals surface area contributed by atoms with Gasteiger partial charge in [0, 0.05) is 16.9 Å². The lowest BCUT2D eigenvalue weighted by molar-refractivity contribution is 1.28. The second-order valence-electron chi connectivity index (χ2n) is 14.1. The van der Waals surface area contributed by atoms with E-state index in [1.807, 2.05) is 0 Å². The predicted molar refractivity (Wildman–Crippen MR) is 235 cm³/mol. The van der Waals surface area contributed by atoms with Crippen molar-refractivity contribution in [3.05, 3.63) is 224 Å². The third kappa shape index (κ3) is 6.02. The lowest BCUT2D eigenvalue weighted by Gasteiger charge is -2.28. The van der Waals surface area contributed by atoms with E-state index in [1.165, 1.54) is 76.8 Å². The highest BCUT2D eigenvalue weighted by atomic mass is 15.1. The Labute approximate surface area is 322 Å². The fourth-order valence-corrected chi connectivity index (χ4v) is 8.17. The summed E-state index contributed by atoms with van der Waals surface area (Å²) in [7, 11) is 0. The van der Waals surface area contributed by atoms with Gasteiger partial charge in [-0.25, -0.2) is 0 Å². The van der Waals surface area contributed by atoms with Gasteiger partial charge in [-0.05, 0) is 114 Å². The van der Waals surface area contributed by atoms with Crippen LogP contribution in [0, 0.1) is 0 Å². The Morgan fingerprint density at radius 3 is 1.40 bits per heavy atom. The number of hydrogen-bond acceptors (Lipinski definition) is 1. The van der Waals surface area contributed by atoms with Gasteiger partial charge in [-0.15, -0.1) is 0 Å². The average Bonchev–Trinajstić information content (AvgIpc) is 3.27. The van der Waals surface area contributed by atoms with Gasteiger partial charge >= 0.3 is 0 Å². The summed E-state index contributed by atoms with van der Waals surface area (Å²) in [5.41, 5.74) is 13.0. The SMILES string of the molecule is c1ccc(-c2ccccc2-c2ccc(N(c3ccc(-c4cc5ccccc5c5ccccc45)cc3)c3ccccc3-c3ccc4ccccc4c3)cc2)cc1. The van der Waals surface area contributed by atoms with Crippen LogP contribution in [-0.4, -0.2) is 0 Å². The molecule has 1 nitrogen and oxygen atoms in total. The summed E-state index contributed by atoms with van der Waals surface area (Å²) in [5, 5.41) is 7.54. The van der Waals surface area contributed by atoms with Crippen LogP contribution in [0.25, 0.3) is 76.8 Å². The van der Waals surface area contributed by atoms with E-state index in [9.17, 15) is 0 Å². The second kappa shape index (κ2) is 14.0. The maximum atomic E-state index is 2.40. The van der Waals surface area contributed by atoms with Crippen molar-refractivity contribution in [2.75, 3.05) is 4.90 Å². The predicted octanol–water partition coefficient (Wildman–Crippen LogP) is 15.3. The van der Waals surface area contributed by atoms with Crippen LogP contribution in [-0.2, 0) is 0 Å². The van der Waals surface area contributed by atoms with E-state index in [2.05, 4.69) is 229 Å². The molecule has 0 unspecified atom stereocenters. The monoisotopic (exact) mass is 699 g/mol. The first kappa shape index (κ1) is 32.4. The molecule has 10 aromatic carbocycles. The third-order valence-electron chi connectivity index (χ3n) is 10.9. The van der Waals surface area contributed by atoms with Gasteiger partial charge in [0.2, 0.25) is 0 Å². The maximum Gasteiger partial charge on any atom is 0.0540 e. The Bertz CT molecular complexity index is 2960. The standard InChI is InChI=1S/C54H37N/c1-2-15-39(16-3-1)47-19-8-9-20-48(47)40-28-32-45(33-29-40)55(54-25-13-12-22-50(54)44-27-26-38-14-4-5-17-42(38)36-44)46-34-30-41(31-35-46)53-37-43-18-6-7-21-49(43)51-23-10-11-24-52(51)53/h1-37H. The van der Waals surface area contributed by atoms with Crippen LogP contribution in [0.5, 0.6) is 0 Å². The number of rotatable bonds is 7. The summed E-state index contributed by atoms with van der Waals surface area (Å²) >= 11 is 0. The summed E-state index contributed by atoms with van der Waals surface area (Å²) in [6.07, 6.45) is 0. The third-order valence-corrected chi connectivity index (χ3v) is 10.9. The summed E-state index contributed by atoms with van der Waals surface area (Å²) in [6, 6.07) is 81.4. The fraction of sp³-hybridized carbons (Fsp3) is 0. The molecule has 0 amide bonds. The summed E-state index contributed by atoms with van der Waals surface area (Å²) in [6.45, 7) is 0. The molecule has 0 aromatic heterocycles. The molecule has 10 aromatic rings. The number of anilines is 3. The van der Waals surface area contributed by atoms with Crippen LogP contribution in [0.2, 0.25) is 0 Å². The zero-order valence-electron chi connectivity index (χ0n) is 30.3. The average molecular weight is 700 g/mol. The van der Waals surface area contributed by atoms with Crippen molar-refractivity contribution in [1.82, 2.24) is 0 Å². The van der Waals surface area contributed by atoms with E-state index in [1.54, 1.807) is 0 Å². The van der Waals surface area contributed by atoms with Crippen LogP contribution >= 0.6 is 0 Å². The highest BCUT2D eigenvalue weighted by Crippen LogP contribution is 2.43. The minimum atomic E-state index is 1.10. The van der Waals surface area contributed by atoms with E-state index in [0.29, 0.717) is 0 Å². The van der Waals surface area contributed by atoms with Crippen LogP contribution in [0.4, 0.5) is 17.1 Å². The van der Waals surface area contributed by atoms with E-state index in [4.69, 9.17) is 0 Å². The molecular formula is C54H37N. The molecule has 0 radical (unpaired) electrons. The molecule has 0 saturated carbocycles. The van der Waals surface area contributed by atoms with Crippen molar-refractivity contribution in [1.29, 1.82) is 0 Å². The minimum Gasteiger partial charge on any atom is -0.310 e. The van der Waals surface area contributed by atoms with Crippen LogP contribution in [0.3, 0.4) is 0 Å². The first-order valence-corrected chi connectivity index (χ1v) is 18.9. The Balaban J connectivity index is 1.11. The summed E-state index contributed by atoms with van der Waals surface area (Å²) in [4.78, 5) is 2.40. The van der Waals surface area contributed by atoms with Gasteiger partial charge in [-0.3, -0.25) is 0 Å². The number of fused-ring (bicyclic) bond motifs is 4. The highest BCUT2D eigenvalue weighted by molar-refractivity contribution is 6.13. The van der Waals surface area contributed by atoms with Crippen molar-refractivity contribution >= 4 is 49.4 Å². The van der Waals surface area contributed by atoms with E-state index in [-0.39, 0.29) is 0 Å². The van der Waals surface area contributed by atoms with Gasteiger partial charge in [-0.2, -0.15) is 0 Å². The van der Waals surface area contributed by atoms with Gasteiger partial charge < -0.3 is 4.90 Å². The number of para-hydroxylation sites is 1. The molecule has 0 heterocycles. The quantitative estimate of drug-likeness (QED) is 0.150. The molecule has 0 bridgehead atoms. The van der Waals surface area contributed by atoms with Gasteiger partial charge in [0.1, 0.15) is 0 Å². The minimum absolute atomic E-state index is 1.10. The molecule has 0 atom stereocenters. The molecule has 0 aliphatic heterocycles. The Kier molecular flexibility index (Phi) is 8.24. The zero-order chi connectivity index (χ0) is 36.6. The van der Waals surface area contributed by atoms with E-state index in [0.717, 1.165) is 17.1 Å². The Morgan fingerprint density at radius 2 is 0.709 bits per heavy atom. The van der Waals surface area contributed by atoms with Crippen LogP contribution < -0.4 is 4.90 Å². The molecule has 0 saturated heterocycles. The molecule has 0 fully saturated rings. The first-order chi connectivity index (χ1) is 27.3. The van der Waals surface area contributed by atoms with Gasteiger partial charge in [-0.1, -0.05) is 182 Å². The molecule has 0 aliphatic rings. The second-order valence-corrected chi connectivity index (χ2v) is 14.1.